The van der Waals surface area contributed by atoms with Gasteiger partial charge in [0.25, 0.3) is 0 Å². The molecule has 0 saturated heterocycles. The molecule has 0 saturated carbocycles. The van der Waals surface area contributed by atoms with Gasteiger partial charge in [0.2, 0.25) is 5.91 Å². The van der Waals surface area contributed by atoms with Crippen LogP contribution >= 0.6 is 26.1 Å². The molecule has 6 heteroatoms. The number of nitrogens with one attached hydrogen (secondary N) is 1. The van der Waals surface area contributed by atoms with Crippen molar-refractivity contribution >= 4 is 43.1 Å². The molecule has 0 aliphatic heterocycles. The number of hydrogen-bond acceptors (Lipinski definition) is 3. The molecule has 0 unspecified atom stereocenters. The molecule has 2 aromatic rings. The Hall–Kier alpha value is -1.14. The molecule has 3 N–H and O–H groups in total. The van der Waals surface area contributed by atoms with Crippen LogP contribution in [0.4, 0.5) is 0 Å². The van der Waals surface area contributed by atoms with E-state index in [-0.39, 0.29) is 19.4 Å². The van der Waals surface area contributed by atoms with Crippen molar-refractivity contribution in [3.8, 4) is 0 Å². The highest BCUT2D eigenvalue weighted by atomic mass is 32.1. The van der Waals surface area contributed by atoms with E-state index in [4.69, 9.17) is 0 Å². The third-order valence-electron chi connectivity index (χ3n) is 1.38. The maximum atomic E-state index is 9.22. The zero-order valence-electron chi connectivity index (χ0n) is 8.19. The van der Waals surface area contributed by atoms with E-state index in [1.54, 1.807) is 0 Å². The number of primary amides is 1. The first kappa shape index (κ1) is 13.9. The summed E-state index contributed by atoms with van der Waals surface area (Å²) in [6.45, 7) is 1.31. The first-order valence-corrected chi connectivity index (χ1v) is 4.44. The molecule has 1 aromatic carbocycles. The molecule has 0 atom stereocenters. The summed E-state index contributed by atoms with van der Waals surface area (Å²) in [4.78, 5) is 16.4. The average molecular weight is 243 g/mol. The number of para-hydroxylation sites is 2. The fourth-order valence-electron chi connectivity index (χ4n) is 0.939. The van der Waals surface area contributed by atoms with Gasteiger partial charge in [-0.3, -0.25) is 4.79 Å². The Kier molecular flexibility index (Phi) is 5.88. The van der Waals surface area contributed by atoms with E-state index in [0.717, 1.165) is 11.0 Å². The molecule has 1 heterocycles. The number of aromatic amines is 1. The van der Waals surface area contributed by atoms with Gasteiger partial charge in [-0.1, -0.05) is 12.1 Å². The predicted molar refractivity (Wildman–Crippen MR) is 68.6 cm³/mol. The third-order valence-corrected chi connectivity index (χ3v) is 1.59. The van der Waals surface area contributed by atoms with Crippen molar-refractivity contribution in [2.75, 3.05) is 0 Å². The van der Waals surface area contributed by atoms with Crippen LogP contribution in [0.25, 0.3) is 11.0 Å². The Balaban J connectivity index is 0.000000346. The molecule has 1 amide bonds. The Morgan fingerprint density at radius 3 is 2.53 bits per heavy atom. The van der Waals surface area contributed by atoms with E-state index in [0.29, 0.717) is 5.16 Å². The van der Waals surface area contributed by atoms with Crippen LogP contribution in [0.3, 0.4) is 0 Å². The second-order valence-corrected chi connectivity index (χ2v) is 3.11. The van der Waals surface area contributed by atoms with Gasteiger partial charge in [-0.25, -0.2) is 4.98 Å². The zero-order valence-corrected chi connectivity index (χ0v) is 10.1. The third kappa shape index (κ3) is 4.75. The Morgan fingerprint density at radius 2 is 2.00 bits per heavy atom. The number of fused-ring (bicyclic) bond motifs is 1. The molecule has 0 radical (unpaired) electrons. The lowest BCUT2D eigenvalue weighted by molar-refractivity contribution is -0.115. The van der Waals surface area contributed by atoms with Gasteiger partial charge < -0.3 is 10.7 Å². The molecular formula is C9H13N3OS2. The minimum atomic E-state index is -0.333. The fraction of sp³-hybridized carbons (Fsp3) is 0.111. The van der Waals surface area contributed by atoms with Gasteiger partial charge in [0.05, 0.1) is 11.0 Å². The van der Waals surface area contributed by atoms with Crippen LogP contribution in [0.1, 0.15) is 6.92 Å². The molecule has 0 spiro atoms. The topological polar surface area (TPSA) is 71.8 Å². The molecule has 4 nitrogen and oxygen atoms in total. The van der Waals surface area contributed by atoms with E-state index in [1.807, 2.05) is 24.3 Å². The Morgan fingerprint density at radius 1 is 1.47 bits per heavy atom. The van der Waals surface area contributed by atoms with Gasteiger partial charge in [-0.15, -0.1) is 12.6 Å². The minimum Gasteiger partial charge on any atom is -0.370 e. The highest BCUT2D eigenvalue weighted by molar-refractivity contribution is 7.80. The van der Waals surface area contributed by atoms with Crippen molar-refractivity contribution in [1.29, 1.82) is 0 Å². The second kappa shape index (κ2) is 6.36. The van der Waals surface area contributed by atoms with E-state index >= 15 is 0 Å². The summed E-state index contributed by atoms with van der Waals surface area (Å²) in [5.74, 6) is -0.333. The van der Waals surface area contributed by atoms with E-state index in [1.165, 1.54) is 6.92 Å². The number of rotatable bonds is 0. The van der Waals surface area contributed by atoms with Gasteiger partial charge in [0.1, 0.15) is 0 Å². The number of carbonyl (C=O) groups is 1. The van der Waals surface area contributed by atoms with Crippen LogP contribution in [0.15, 0.2) is 29.4 Å². The maximum Gasteiger partial charge on any atom is 0.214 e. The number of imidazole rings is 1. The molecule has 0 bridgehead atoms. The maximum absolute atomic E-state index is 9.22. The van der Waals surface area contributed by atoms with Crippen LogP contribution in [0, 0.1) is 0 Å². The summed E-state index contributed by atoms with van der Waals surface area (Å²) < 4.78 is 0. The second-order valence-electron chi connectivity index (χ2n) is 2.69. The van der Waals surface area contributed by atoms with E-state index in [9.17, 15) is 4.79 Å². The molecular weight excluding hydrogens is 230 g/mol. The van der Waals surface area contributed by atoms with Crippen molar-refractivity contribution in [2.24, 2.45) is 5.73 Å². The normalized spacial score (nSPS) is 8.67. The number of aromatic nitrogens is 2. The number of amides is 1. The molecule has 1 aromatic heterocycles. The monoisotopic (exact) mass is 243 g/mol. The van der Waals surface area contributed by atoms with Crippen molar-refractivity contribution < 1.29 is 4.79 Å². The van der Waals surface area contributed by atoms with Crippen LogP contribution in [0.2, 0.25) is 0 Å². The predicted octanol–water partition coefficient (Wildman–Crippen LogP) is 1.46. The SMILES string of the molecule is CC(N)=O.S.Sc1nc2ccccc2[nH]1. The number of carbonyl (C=O) groups excluding carboxylic acids is 1. The number of hydrogen-bond donors (Lipinski definition) is 3. The summed E-state index contributed by atoms with van der Waals surface area (Å²) in [5.41, 5.74) is 6.47. The van der Waals surface area contributed by atoms with E-state index in [2.05, 4.69) is 28.3 Å². The Bertz CT molecular complexity index is 405. The van der Waals surface area contributed by atoms with Gasteiger partial charge in [0, 0.05) is 6.92 Å². The lowest BCUT2D eigenvalue weighted by Crippen LogP contribution is -2.01. The molecule has 15 heavy (non-hydrogen) atoms. The van der Waals surface area contributed by atoms with Crippen LogP contribution < -0.4 is 5.73 Å². The number of nitrogens with zero attached hydrogens (tertiary/aromatic N) is 1. The standard InChI is InChI=1S/C7H6N2S.C2H5NO.H2S/c10-7-8-5-3-1-2-4-6(5)9-7;1-2(3)4;/h1-4H,(H2,8,9,10);1H3,(H2,3,4);1H2. The lowest BCUT2D eigenvalue weighted by Gasteiger charge is -1.81. The van der Waals surface area contributed by atoms with Gasteiger partial charge in [-0.2, -0.15) is 13.5 Å². The molecule has 0 aliphatic rings. The quantitative estimate of drug-likeness (QED) is 0.613. The Labute approximate surface area is 100 Å². The molecule has 0 fully saturated rings. The summed E-state index contributed by atoms with van der Waals surface area (Å²) in [6.07, 6.45) is 0. The molecule has 82 valence electrons. The summed E-state index contributed by atoms with van der Waals surface area (Å²) in [5, 5.41) is 0.668. The highest BCUT2D eigenvalue weighted by Crippen LogP contribution is 2.11. The first-order valence-electron chi connectivity index (χ1n) is 3.99. The van der Waals surface area contributed by atoms with Crippen LogP contribution in [-0.2, 0) is 4.79 Å². The summed E-state index contributed by atoms with van der Waals surface area (Å²) >= 11 is 4.08. The summed E-state index contributed by atoms with van der Waals surface area (Å²) in [6, 6.07) is 7.84. The van der Waals surface area contributed by atoms with Crippen molar-refractivity contribution in [3.05, 3.63) is 24.3 Å². The number of nitrogens with two attached hydrogens (primary N) is 1. The first-order chi connectivity index (χ1) is 6.59. The smallest absolute Gasteiger partial charge is 0.214 e. The minimum absolute atomic E-state index is 0. The van der Waals surface area contributed by atoms with Gasteiger partial charge in [-0.05, 0) is 12.1 Å². The molecule has 0 aliphatic carbocycles. The number of H-pyrrole nitrogens is 1. The number of thiol groups is 1. The highest BCUT2D eigenvalue weighted by Gasteiger charge is 1.94. The van der Waals surface area contributed by atoms with Crippen LogP contribution in [0.5, 0.6) is 0 Å². The van der Waals surface area contributed by atoms with Crippen LogP contribution in [-0.4, -0.2) is 15.9 Å². The zero-order chi connectivity index (χ0) is 10.6. The van der Waals surface area contributed by atoms with Crippen molar-refractivity contribution in [3.63, 3.8) is 0 Å². The summed E-state index contributed by atoms with van der Waals surface area (Å²) in [7, 11) is 0. The van der Waals surface area contributed by atoms with Gasteiger partial charge >= 0.3 is 0 Å². The molecule has 2 rings (SSSR count). The average Bonchev–Trinajstić information content (AvgIpc) is 2.42. The largest absolute Gasteiger partial charge is 0.370 e. The van der Waals surface area contributed by atoms with Gasteiger partial charge in [0.15, 0.2) is 5.16 Å². The number of benzene rings is 1. The van der Waals surface area contributed by atoms with E-state index < -0.39 is 0 Å². The van der Waals surface area contributed by atoms with Crippen molar-refractivity contribution in [1.82, 2.24) is 9.97 Å². The lowest BCUT2D eigenvalue weighted by atomic mass is 10.3. The van der Waals surface area contributed by atoms with Crippen molar-refractivity contribution in [2.45, 2.75) is 12.1 Å². The fourth-order valence-corrected chi connectivity index (χ4v) is 1.17.